The number of aromatic nitrogens is 1. The molecule has 2 N–H and O–H groups in total. The van der Waals surface area contributed by atoms with Gasteiger partial charge >= 0.3 is 12.1 Å². The number of nitrogens with zero attached hydrogens (tertiary/aromatic N) is 1. The Bertz CT molecular complexity index is 549. The molecule has 0 radical (unpaired) electrons. The van der Waals surface area contributed by atoms with E-state index in [4.69, 9.17) is 9.84 Å². The second kappa shape index (κ2) is 5.11. The first-order chi connectivity index (χ1) is 9.26. The van der Waals surface area contributed by atoms with Crippen molar-refractivity contribution in [1.82, 2.24) is 4.98 Å². The van der Waals surface area contributed by atoms with Crippen molar-refractivity contribution < 1.29 is 19.4 Å². The minimum absolute atomic E-state index is 0.379. The second-order valence-corrected chi connectivity index (χ2v) is 5.87. The van der Waals surface area contributed by atoms with E-state index in [-0.39, 0.29) is 0 Å². The Balaban J connectivity index is 2.14. The van der Waals surface area contributed by atoms with Gasteiger partial charge in [0.25, 0.3) is 0 Å². The van der Waals surface area contributed by atoms with Gasteiger partial charge in [0.15, 0.2) is 0 Å². The topological polar surface area (TPSA) is 88.5 Å². The number of nitrogens with one attached hydrogen (secondary N) is 1. The number of amides is 1. The zero-order valence-electron chi connectivity index (χ0n) is 11.8. The average Bonchev–Trinajstić information content (AvgIpc) is 2.71. The molecule has 2 rings (SSSR count). The molecule has 1 aromatic rings. The highest BCUT2D eigenvalue weighted by molar-refractivity contribution is 5.85. The van der Waals surface area contributed by atoms with Crippen LogP contribution in [0.25, 0.3) is 0 Å². The van der Waals surface area contributed by atoms with Crippen molar-refractivity contribution in [1.29, 1.82) is 0 Å². The molecule has 0 bridgehead atoms. The molecule has 1 aromatic heterocycles. The van der Waals surface area contributed by atoms with Gasteiger partial charge in [-0.25, -0.2) is 9.78 Å². The Morgan fingerprint density at radius 1 is 1.40 bits per heavy atom. The predicted molar refractivity (Wildman–Crippen MR) is 72.6 cm³/mol. The highest BCUT2D eigenvalue weighted by Gasteiger charge is 2.30. The number of hydrogen-bond donors (Lipinski definition) is 2. The zero-order valence-corrected chi connectivity index (χ0v) is 11.8. The fraction of sp³-hybridized carbons (Fsp3) is 0.500. The second-order valence-electron chi connectivity index (χ2n) is 5.87. The van der Waals surface area contributed by atoms with Gasteiger partial charge in [-0.05, 0) is 50.8 Å². The first-order valence-electron chi connectivity index (χ1n) is 6.46. The zero-order chi connectivity index (χ0) is 14.9. The summed E-state index contributed by atoms with van der Waals surface area (Å²) in [5.74, 6) is -0.890. The van der Waals surface area contributed by atoms with Crippen LogP contribution in [0.15, 0.2) is 12.3 Å². The van der Waals surface area contributed by atoms with Crippen LogP contribution < -0.4 is 5.32 Å². The van der Waals surface area contributed by atoms with Gasteiger partial charge in [0.1, 0.15) is 11.4 Å². The summed E-state index contributed by atoms with van der Waals surface area (Å²) >= 11 is 0. The van der Waals surface area contributed by atoms with Gasteiger partial charge in [-0.2, -0.15) is 0 Å². The number of aliphatic carboxylic acids is 1. The summed E-state index contributed by atoms with van der Waals surface area (Å²) in [6, 6.07) is 1.79. The Morgan fingerprint density at radius 3 is 2.70 bits per heavy atom. The lowest BCUT2D eigenvalue weighted by atomic mass is 10.1. The molecule has 0 saturated carbocycles. The van der Waals surface area contributed by atoms with Gasteiger partial charge in [0.2, 0.25) is 0 Å². The summed E-state index contributed by atoms with van der Waals surface area (Å²) in [4.78, 5) is 26.9. The van der Waals surface area contributed by atoms with Crippen LogP contribution in [-0.4, -0.2) is 27.8 Å². The van der Waals surface area contributed by atoms with E-state index in [1.807, 2.05) is 0 Å². The number of fused-ring (bicyclic) bond motifs is 1. The molecule has 1 aliphatic rings. The third-order valence-corrected chi connectivity index (χ3v) is 3.04. The first kappa shape index (κ1) is 14.3. The van der Waals surface area contributed by atoms with Crippen LogP contribution in [0, 0.1) is 5.92 Å². The van der Waals surface area contributed by atoms with E-state index < -0.39 is 23.6 Å². The summed E-state index contributed by atoms with van der Waals surface area (Å²) in [7, 11) is 0. The lowest BCUT2D eigenvalue weighted by Crippen LogP contribution is -2.27. The molecule has 1 unspecified atom stereocenters. The molecule has 6 heteroatoms. The number of carboxylic acid groups (broad SMARTS) is 1. The van der Waals surface area contributed by atoms with Gasteiger partial charge in [0, 0.05) is 6.20 Å². The van der Waals surface area contributed by atoms with Crippen molar-refractivity contribution in [2.24, 2.45) is 5.92 Å². The Kier molecular flexibility index (Phi) is 3.65. The number of carbonyl (C=O) groups is 2. The van der Waals surface area contributed by atoms with E-state index in [9.17, 15) is 9.59 Å². The van der Waals surface area contributed by atoms with E-state index in [1.54, 1.807) is 33.0 Å². The molecule has 108 valence electrons. The van der Waals surface area contributed by atoms with Gasteiger partial charge < -0.3 is 9.84 Å². The molecule has 1 atom stereocenters. The van der Waals surface area contributed by atoms with Gasteiger partial charge in [-0.3, -0.25) is 10.1 Å². The highest BCUT2D eigenvalue weighted by atomic mass is 16.6. The van der Waals surface area contributed by atoms with Crippen molar-refractivity contribution >= 4 is 17.9 Å². The van der Waals surface area contributed by atoms with Crippen LogP contribution >= 0.6 is 0 Å². The molecule has 1 heterocycles. The molecule has 0 aliphatic heterocycles. The van der Waals surface area contributed by atoms with Crippen molar-refractivity contribution in [3.8, 4) is 0 Å². The summed E-state index contributed by atoms with van der Waals surface area (Å²) in [6.45, 7) is 5.32. The van der Waals surface area contributed by atoms with Crippen LogP contribution in [0.3, 0.4) is 0 Å². The molecule has 0 spiro atoms. The molecular formula is C14H18N2O4. The Hall–Kier alpha value is -2.11. The number of ether oxygens (including phenoxy) is 1. The fourth-order valence-electron chi connectivity index (χ4n) is 2.22. The number of hydrogen-bond acceptors (Lipinski definition) is 4. The maximum atomic E-state index is 11.8. The van der Waals surface area contributed by atoms with Crippen LogP contribution in [-0.2, 0) is 22.4 Å². The molecule has 1 aliphatic carbocycles. The fourth-order valence-corrected chi connectivity index (χ4v) is 2.22. The van der Waals surface area contributed by atoms with Gasteiger partial charge in [-0.1, -0.05) is 0 Å². The molecular weight excluding hydrogens is 260 g/mol. The molecule has 0 aromatic carbocycles. The minimum Gasteiger partial charge on any atom is -0.481 e. The van der Waals surface area contributed by atoms with E-state index >= 15 is 0 Å². The summed E-state index contributed by atoms with van der Waals surface area (Å²) in [6.07, 6.45) is 1.83. The number of anilines is 1. The standard InChI is InChI=1S/C14H18N2O4/c1-14(2,3)20-13(19)16-11-10-7-9(12(17)18)6-8(10)4-5-15-11/h4-5,9H,6-7H2,1-3H3,(H,17,18)(H,15,16,19). The highest BCUT2D eigenvalue weighted by Crippen LogP contribution is 2.31. The number of rotatable bonds is 2. The van der Waals surface area contributed by atoms with Crippen molar-refractivity contribution in [2.45, 2.75) is 39.2 Å². The van der Waals surface area contributed by atoms with Crippen molar-refractivity contribution in [3.63, 3.8) is 0 Å². The summed E-state index contributed by atoms with van der Waals surface area (Å²) in [5.41, 5.74) is 1.11. The molecule has 20 heavy (non-hydrogen) atoms. The largest absolute Gasteiger partial charge is 0.481 e. The maximum absolute atomic E-state index is 11.8. The number of carbonyl (C=O) groups excluding carboxylic acids is 1. The third-order valence-electron chi connectivity index (χ3n) is 3.04. The summed E-state index contributed by atoms with van der Waals surface area (Å²) in [5, 5.41) is 11.7. The lowest BCUT2D eigenvalue weighted by Gasteiger charge is -2.20. The van der Waals surface area contributed by atoms with E-state index in [0.29, 0.717) is 18.7 Å². The Morgan fingerprint density at radius 2 is 2.10 bits per heavy atom. The SMILES string of the molecule is CC(C)(C)OC(=O)Nc1nccc2c1CC(C(=O)O)C2. The van der Waals surface area contributed by atoms with Crippen LogP contribution in [0.2, 0.25) is 0 Å². The van der Waals surface area contributed by atoms with Gasteiger partial charge in [0.05, 0.1) is 5.92 Å². The predicted octanol–water partition coefficient (Wildman–Crippen LogP) is 2.23. The van der Waals surface area contributed by atoms with Crippen LogP contribution in [0.5, 0.6) is 0 Å². The maximum Gasteiger partial charge on any atom is 0.413 e. The Labute approximate surface area is 117 Å². The number of pyridine rings is 1. The first-order valence-corrected chi connectivity index (χ1v) is 6.46. The van der Waals surface area contributed by atoms with E-state index in [1.165, 1.54) is 0 Å². The smallest absolute Gasteiger partial charge is 0.413 e. The number of carboxylic acids is 1. The van der Waals surface area contributed by atoms with Crippen molar-refractivity contribution in [3.05, 3.63) is 23.4 Å². The molecule has 1 amide bonds. The van der Waals surface area contributed by atoms with E-state index in [0.717, 1.165) is 11.1 Å². The van der Waals surface area contributed by atoms with E-state index in [2.05, 4.69) is 10.3 Å². The molecule has 0 fully saturated rings. The molecule has 6 nitrogen and oxygen atoms in total. The molecule has 0 saturated heterocycles. The van der Waals surface area contributed by atoms with Gasteiger partial charge in [-0.15, -0.1) is 0 Å². The average molecular weight is 278 g/mol. The van der Waals surface area contributed by atoms with Crippen LogP contribution in [0.4, 0.5) is 10.6 Å². The van der Waals surface area contributed by atoms with Crippen molar-refractivity contribution in [2.75, 3.05) is 5.32 Å². The normalized spacial score (nSPS) is 17.4. The van der Waals surface area contributed by atoms with Crippen LogP contribution in [0.1, 0.15) is 31.9 Å². The monoisotopic (exact) mass is 278 g/mol. The quantitative estimate of drug-likeness (QED) is 0.866. The third kappa shape index (κ3) is 3.26. The summed E-state index contributed by atoms with van der Waals surface area (Å²) < 4.78 is 5.17. The lowest BCUT2D eigenvalue weighted by molar-refractivity contribution is -0.141. The minimum atomic E-state index is -0.829.